The minimum Gasteiger partial charge on any atom is -0.456 e. The quantitative estimate of drug-likeness (QED) is 0.662. The monoisotopic (exact) mass is 370 g/mol. The smallest absolute Gasteiger partial charge is 0.338 e. The largest absolute Gasteiger partial charge is 0.456 e. The molecule has 2 heterocycles. The summed E-state index contributed by atoms with van der Waals surface area (Å²) >= 11 is 0. The number of nitrogens with zero attached hydrogens (tertiary/aromatic N) is 3. The summed E-state index contributed by atoms with van der Waals surface area (Å²) in [5.74, 6) is -0.604. The van der Waals surface area contributed by atoms with Crippen LogP contribution in [0.3, 0.4) is 0 Å². The van der Waals surface area contributed by atoms with Gasteiger partial charge in [0.25, 0.3) is 5.56 Å². The predicted molar refractivity (Wildman–Crippen MR) is 97.2 cm³/mol. The van der Waals surface area contributed by atoms with Crippen molar-refractivity contribution in [2.75, 3.05) is 0 Å². The van der Waals surface area contributed by atoms with E-state index in [4.69, 9.17) is 4.74 Å². The Morgan fingerprint density at radius 2 is 1.74 bits per heavy atom. The summed E-state index contributed by atoms with van der Waals surface area (Å²) in [5, 5.41) is 0. The zero-order chi connectivity index (χ0) is 19.7. The number of H-pyrrole nitrogens is 1. The first-order valence-corrected chi connectivity index (χ1v) is 8.10. The number of hydrogen-bond donors (Lipinski definition) is 1. The van der Waals surface area contributed by atoms with Crippen molar-refractivity contribution in [3.63, 3.8) is 0 Å². The molecule has 0 atom stereocenters. The van der Waals surface area contributed by atoms with Crippen LogP contribution >= 0.6 is 0 Å². The second-order valence-electron chi connectivity index (χ2n) is 6.07. The number of aromatic amines is 1. The fourth-order valence-electron chi connectivity index (χ4n) is 2.66. The molecule has 0 aliphatic rings. The molecule has 0 amide bonds. The van der Waals surface area contributed by atoms with Crippen molar-refractivity contribution < 1.29 is 9.53 Å². The number of aromatic nitrogens is 4. The summed E-state index contributed by atoms with van der Waals surface area (Å²) < 4.78 is 8.89. The fourth-order valence-corrected chi connectivity index (χ4v) is 2.66. The van der Waals surface area contributed by atoms with E-state index in [1.165, 1.54) is 29.3 Å². The van der Waals surface area contributed by atoms with Crippen LogP contribution < -0.4 is 16.9 Å². The van der Waals surface area contributed by atoms with E-state index in [0.29, 0.717) is 11.4 Å². The van der Waals surface area contributed by atoms with Gasteiger partial charge in [0.2, 0.25) is 0 Å². The van der Waals surface area contributed by atoms with Crippen molar-refractivity contribution in [1.29, 1.82) is 0 Å². The molecule has 9 heteroatoms. The third kappa shape index (κ3) is 3.39. The number of rotatable bonds is 4. The molecule has 0 fully saturated rings. The van der Waals surface area contributed by atoms with Gasteiger partial charge in [-0.2, -0.15) is 0 Å². The molecule has 0 unspecified atom stereocenters. The maximum atomic E-state index is 12.2. The molecule has 0 bridgehead atoms. The highest BCUT2D eigenvalue weighted by Gasteiger charge is 2.12. The van der Waals surface area contributed by atoms with Crippen molar-refractivity contribution in [2.24, 2.45) is 14.1 Å². The van der Waals surface area contributed by atoms with Gasteiger partial charge >= 0.3 is 17.3 Å². The summed E-state index contributed by atoms with van der Waals surface area (Å²) in [6.07, 6.45) is 1.60. The highest BCUT2D eigenvalue weighted by Crippen LogP contribution is 2.11. The molecular formula is C18H18N4O5. The number of hydrogen-bond acceptors (Lipinski definition) is 5. The van der Waals surface area contributed by atoms with Crippen LogP contribution in [0.5, 0.6) is 0 Å². The van der Waals surface area contributed by atoms with E-state index >= 15 is 0 Å². The zero-order valence-corrected chi connectivity index (χ0v) is 15.1. The Bertz CT molecular complexity index is 1180. The highest BCUT2D eigenvalue weighted by atomic mass is 16.5. The number of ether oxygens (including phenoxy) is 1. The lowest BCUT2D eigenvalue weighted by atomic mass is 10.2. The SMILES string of the molecule is Cc1c[nH]c(=O)n1-c1ccc(C(=O)OCc2cc(=O)n(C)c(=O)n2C)cc1. The van der Waals surface area contributed by atoms with Gasteiger partial charge in [0.15, 0.2) is 0 Å². The second kappa shape index (κ2) is 6.94. The van der Waals surface area contributed by atoms with Crippen LogP contribution in [0.2, 0.25) is 0 Å². The minimum absolute atomic E-state index is 0.210. The van der Waals surface area contributed by atoms with Gasteiger partial charge in [-0.15, -0.1) is 0 Å². The van der Waals surface area contributed by atoms with Gasteiger partial charge in [-0.05, 0) is 31.2 Å². The molecule has 2 aromatic heterocycles. The van der Waals surface area contributed by atoms with E-state index in [1.807, 2.05) is 0 Å². The van der Waals surface area contributed by atoms with Gasteiger partial charge in [-0.1, -0.05) is 0 Å². The molecule has 0 spiro atoms. The van der Waals surface area contributed by atoms with Gasteiger partial charge in [0.05, 0.1) is 16.9 Å². The number of benzene rings is 1. The third-order valence-electron chi connectivity index (χ3n) is 4.30. The van der Waals surface area contributed by atoms with Crippen LogP contribution in [-0.2, 0) is 25.4 Å². The van der Waals surface area contributed by atoms with Gasteiger partial charge < -0.3 is 9.72 Å². The lowest BCUT2D eigenvalue weighted by Gasteiger charge is -2.10. The molecule has 0 saturated heterocycles. The number of imidazole rings is 1. The van der Waals surface area contributed by atoms with Gasteiger partial charge in [0, 0.05) is 32.1 Å². The maximum absolute atomic E-state index is 12.2. The van der Waals surface area contributed by atoms with Gasteiger partial charge in [-0.25, -0.2) is 14.4 Å². The summed E-state index contributed by atoms with van der Waals surface area (Å²) in [4.78, 5) is 50.2. The Labute approximate surface area is 153 Å². The third-order valence-corrected chi connectivity index (χ3v) is 4.30. The lowest BCUT2D eigenvalue weighted by molar-refractivity contribution is 0.0462. The number of nitrogens with one attached hydrogen (secondary N) is 1. The van der Waals surface area contributed by atoms with E-state index in [1.54, 1.807) is 37.4 Å². The molecule has 1 aromatic carbocycles. The number of carbonyl (C=O) groups excluding carboxylic acids is 1. The summed E-state index contributed by atoms with van der Waals surface area (Å²) in [6, 6.07) is 7.59. The Kier molecular flexibility index (Phi) is 4.68. The average molecular weight is 370 g/mol. The first kappa shape index (κ1) is 18.2. The predicted octanol–water partition coefficient (Wildman–Crippen LogP) is 0.228. The normalized spacial score (nSPS) is 10.8. The van der Waals surface area contributed by atoms with Crippen LogP contribution in [-0.4, -0.2) is 24.7 Å². The van der Waals surface area contributed by atoms with Crippen LogP contribution in [0.4, 0.5) is 0 Å². The Balaban J connectivity index is 1.77. The van der Waals surface area contributed by atoms with E-state index in [-0.39, 0.29) is 17.9 Å². The van der Waals surface area contributed by atoms with Crippen LogP contribution in [0.25, 0.3) is 5.69 Å². The van der Waals surface area contributed by atoms with Crippen molar-refractivity contribution >= 4 is 5.97 Å². The fraction of sp³-hybridized carbons (Fsp3) is 0.222. The van der Waals surface area contributed by atoms with E-state index in [2.05, 4.69) is 4.98 Å². The molecule has 0 aliphatic heterocycles. The van der Waals surface area contributed by atoms with Gasteiger partial charge in [-0.3, -0.25) is 18.5 Å². The molecule has 0 saturated carbocycles. The van der Waals surface area contributed by atoms with Crippen molar-refractivity contribution in [1.82, 2.24) is 18.7 Å². The second-order valence-corrected chi connectivity index (χ2v) is 6.07. The summed E-state index contributed by atoms with van der Waals surface area (Å²) in [7, 11) is 2.87. The highest BCUT2D eigenvalue weighted by molar-refractivity contribution is 5.89. The van der Waals surface area contributed by atoms with Crippen molar-refractivity contribution in [2.45, 2.75) is 13.5 Å². The van der Waals surface area contributed by atoms with Crippen LogP contribution in [0, 0.1) is 6.92 Å². The maximum Gasteiger partial charge on any atom is 0.338 e. The molecule has 1 N–H and O–H groups in total. The molecule has 140 valence electrons. The van der Waals surface area contributed by atoms with Crippen LogP contribution in [0.1, 0.15) is 21.7 Å². The lowest BCUT2D eigenvalue weighted by Crippen LogP contribution is -2.38. The zero-order valence-electron chi connectivity index (χ0n) is 15.1. The van der Waals surface area contributed by atoms with Crippen molar-refractivity contribution in [3.05, 3.63) is 84.8 Å². The van der Waals surface area contributed by atoms with Crippen LogP contribution in [0.15, 0.2) is 50.9 Å². The number of carbonyl (C=O) groups is 1. The van der Waals surface area contributed by atoms with E-state index in [0.717, 1.165) is 10.3 Å². The van der Waals surface area contributed by atoms with Gasteiger partial charge in [0.1, 0.15) is 6.61 Å². The van der Waals surface area contributed by atoms with E-state index in [9.17, 15) is 19.2 Å². The summed E-state index contributed by atoms with van der Waals surface area (Å²) in [6.45, 7) is 1.58. The van der Waals surface area contributed by atoms with E-state index < -0.39 is 17.2 Å². The molecular weight excluding hydrogens is 352 g/mol. The Hall–Kier alpha value is -3.62. The first-order valence-electron chi connectivity index (χ1n) is 8.10. The summed E-state index contributed by atoms with van der Waals surface area (Å²) in [5.41, 5.74) is 0.697. The molecule has 3 aromatic rings. The molecule has 9 nitrogen and oxygen atoms in total. The first-order chi connectivity index (χ1) is 12.8. The molecule has 0 aliphatic carbocycles. The Morgan fingerprint density at radius 3 is 2.33 bits per heavy atom. The average Bonchev–Trinajstić information content (AvgIpc) is 3.00. The topological polar surface area (TPSA) is 108 Å². The number of aryl methyl sites for hydroxylation is 1. The number of esters is 1. The standard InChI is InChI=1S/C18H18N4O5/c1-11-9-19-17(25)22(11)13-6-4-12(5-7-13)16(24)27-10-14-8-15(23)21(3)18(26)20(14)2/h4-9H,10H2,1-3H3,(H,19,25). The molecule has 0 radical (unpaired) electrons. The molecule has 3 rings (SSSR count). The van der Waals surface area contributed by atoms with Crippen molar-refractivity contribution in [3.8, 4) is 5.69 Å². The minimum atomic E-state index is -0.604. The molecule has 27 heavy (non-hydrogen) atoms. The Morgan fingerprint density at radius 1 is 1.07 bits per heavy atom.